The molecule has 1 saturated heterocycles. The second kappa shape index (κ2) is 6.60. The summed E-state index contributed by atoms with van der Waals surface area (Å²) in [6, 6.07) is 13.5. The third kappa shape index (κ3) is 2.96. The maximum absolute atomic E-state index is 12.7. The molecule has 0 unspecified atom stereocenters. The number of carbonyl (C=O) groups excluding carboxylic acids is 1. The molecule has 1 fully saturated rings. The number of pyridine rings is 1. The van der Waals surface area contributed by atoms with Crippen LogP contribution in [0.5, 0.6) is 5.88 Å². The predicted molar refractivity (Wildman–Crippen MR) is 84.9 cm³/mol. The summed E-state index contributed by atoms with van der Waals surface area (Å²) in [6.45, 7) is 3.34. The lowest BCUT2D eigenvalue weighted by Gasteiger charge is -2.25. The van der Waals surface area contributed by atoms with Crippen LogP contribution in [0.15, 0.2) is 48.7 Å². The summed E-state index contributed by atoms with van der Waals surface area (Å²) in [6.07, 6.45) is 3.83. The summed E-state index contributed by atoms with van der Waals surface area (Å²) in [5.41, 5.74) is 1.82. The van der Waals surface area contributed by atoms with Crippen molar-refractivity contribution in [1.82, 2.24) is 9.88 Å². The van der Waals surface area contributed by atoms with E-state index in [9.17, 15) is 4.79 Å². The highest BCUT2D eigenvalue weighted by Gasteiger charge is 2.30. The van der Waals surface area contributed by atoms with Crippen molar-refractivity contribution in [1.29, 1.82) is 0 Å². The maximum Gasteiger partial charge on any atom is 0.254 e. The van der Waals surface area contributed by atoms with Gasteiger partial charge in [-0.15, -0.1) is 0 Å². The van der Waals surface area contributed by atoms with Gasteiger partial charge in [-0.05, 0) is 37.5 Å². The van der Waals surface area contributed by atoms with E-state index in [4.69, 9.17) is 4.74 Å². The smallest absolute Gasteiger partial charge is 0.254 e. The molecule has 4 heteroatoms. The highest BCUT2D eigenvalue weighted by Crippen LogP contribution is 2.33. The van der Waals surface area contributed by atoms with Gasteiger partial charge in [0.15, 0.2) is 0 Å². The fraction of sp³-hybridized carbons (Fsp3) is 0.333. The summed E-state index contributed by atoms with van der Waals surface area (Å²) >= 11 is 0. The lowest BCUT2D eigenvalue weighted by Crippen LogP contribution is -2.30. The summed E-state index contributed by atoms with van der Waals surface area (Å²) < 4.78 is 5.38. The minimum Gasteiger partial charge on any atom is -0.478 e. The molecule has 0 saturated carbocycles. The van der Waals surface area contributed by atoms with Gasteiger partial charge in [0.25, 0.3) is 5.91 Å². The zero-order valence-corrected chi connectivity index (χ0v) is 12.7. The van der Waals surface area contributed by atoms with Gasteiger partial charge in [-0.3, -0.25) is 4.79 Å². The topological polar surface area (TPSA) is 42.4 Å². The number of likely N-dealkylation sites (tertiary alicyclic amines) is 1. The number of rotatable bonds is 4. The zero-order chi connectivity index (χ0) is 15.4. The van der Waals surface area contributed by atoms with Gasteiger partial charge in [0.2, 0.25) is 5.88 Å². The van der Waals surface area contributed by atoms with Crippen LogP contribution in [-0.4, -0.2) is 28.9 Å². The first-order valence-corrected chi connectivity index (χ1v) is 7.74. The van der Waals surface area contributed by atoms with Gasteiger partial charge in [0.05, 0.1) is 12.6 Å². The molecule has 1 aromatic carbocycles. The second-order valence-electron chi connectivity index (χ2n) is 5.39. The molecule has 0 bridgehead atoms. The van der Waals surface area contributed by atoms with Crippen LogP contribution in [0, 0.1) is 0 Å². The monoisotopic (exact) mass is 296 g/mol. The van der Waals surface area contributed by atoms with Crippen molar-refractivity contribution in [3.05, 3.63) is 59.8 Å². The minimum atomic E-state index is 0.0944. The number of ether oxygens (including phenoxy) is 1. The highest BCUT2D eigenvalue weighted by molar-refractivity contribution is 5.94. The van der Waals surface area contributed by atoms with E-state index in [2.05, 4.69) is 4.98 Å². The van der Waals surface area contributed by atoms with E-state index in [1.165, 1.54) is 0 Å². The maximum atomic E-state index is 12.7. The quantitative estimate of drug-likeness (QED) is 0.867. The molecule has 0 radical (unpaired) electrons. The van der Waals surface area contributed by atoms with Crippen LogP contribution >= 0.6 is 0 Å². The summed E-state index contributed by atoms with van der Waals surface area (Å²) in [5, 5.41) is 0. The van der Waals surface area contributed by atoms with Crippen molar-refractivity contribution in [2.24, 2.45) is 0 Å². The Balaban J connectivity index is 1.79. The molecule has 22 heavy (non-hydrogen) atoms. The fourth-order valence-electron chi connectivity index (χ4n) is 2.93. The Bertz CT molecular complexity index is 625. The molecule has 1 aromatic heterocycles. The van der Waals surface area contributed by atoms with Crippen LogP contribution in [0.2, 0.25) is 0 Å². The van der Waals surface area contributed by atoms with Gasteiger partial charge >= 0.3 is 0 Å². The molecular formula is C18H20N2O2. The van der Waals surface area contributed by atoms with Crippen LogP contribution < -0.4 is 4.74 Å². The Morgan fingerprint density at radius 3 is 2.77 bits per heavy atom. The first-order chi connectivity index (χ1) is 10.8. The van der Waals surface area contributed by atoms with Crippen molar-refractivity contribution in [2.75, 3.05) is 13.2 Å². The van der Waals surface area contributed by atoms with Gasteiger partial charge in [-0.2, -0.15) is 0 Å². The Kier molecular flexibility index (Phi) is 4.37. The van der Waals surface area contributed by atoms with Crippen LogP contribution in [0.3, 0.4) is 0 Å². The third-order valence-electron chi connectivity index (χ3n) is 3.97. The van der Waals surface area contributed by atoms with Gasteiger partial charge in [-0.1, -0.05) is 24.3 Å². The van der Waals surface area contributed by atoms with E-state index < -0.39 is 0 Å². The molecule has 0 aliphatic carbocycles. The van der Waals surface area contributed by atoms with Gasteiger partial charge in [0, 0.05) is 24.4 Å². The van der Waals surface area contributed by atoms with E-state index >= 15 is 0 Å². The van der Waals surface area contributed by atoms with Crippen molar-refractivity contribution in [3.63, 3.8) is 0 Å². The molecular weight excluding hydrogens is 276 g/mol. The third-order valence-corrected chi connectivity index (χ3v) is 3.97. The van der Waals surface area contributed by atoms with Crippen LogP contribution in [0.25, 0.3) is 0 Å². The summed E-state index contributed by atoms with van der Waals surface area (Å²) in [4.78, 5) is 19.0. The number of benzene rings is 1. The molecule has 3 rings (SSSR count). The molecule has 2 aromatic rings. The first-order valence-electron chi connectivity index (χ1n) is 7.74. The normalized spacial score (nSPS) is 17.5. The molecule has 1 aliphatic heterocycles. The van der Waals surface area contributed by atoms with Crippen molar-refractivity contribution in [3.8, 4) is 5.88 Å². The predicted octanol–water partition coefficient (Wildman–Crippen LogP) is 3.46. The molecule has 114 valence electrons. The van der Waals surface area contributed by atoms with Gasteiger partial charge in [-0.25, -0.2) is 4.98 Å². The number of hydrogen-bond donors (Lipinski definition) is 0. The fourth-order valence-corrected chi connectivity index (χ4v) is 2.93. The molecule has 1 amide bonds. The molecule has 0 N–H and O–H groups in total. The average molecular weight is 296 g/mol. The number of amides is 1. The van der Waals surface area contributed by atoms with E-state index in [0.717, 1.165) is 30.5 Å². The van der Waals surface area contributed by atoms with E-state index in [0.29, 0.717) is 12.5 Å². The highest BCUT2D eigenvalue weighted by atomic mass is 16.5. The lowest BCUT2D eigenvalue weighted by atomic mass is 10.1. The van der Waals surface area contributed by atoms with E-state index in [-0.39, 0.29) is 11.9 Å². The summed E-state index contributed by atoms with van der Waals surface area (Å²) in [7, 11) is 0. The molecule has 4 nitrogen and oxygen atoms in total. The Labute approximate surface area is 130 Å². The number of nitrogens with zero attached hydrogens (tertiary/aromatic N) is 2. The van der Waals surface area contributed by atoms with Crippen molar-refractivity contribution < 1.29 is 9.53 Å². The molecule has 0 spiro atoms. The number of carbonyl (C=O) groups is 1. The van der Waals surface area contributed by atoms with E-state index in [1.807, 2.05) is 60.5 Å². The minimum absolute atomic E-state index is 0.0944. The Morgan fingerprint density at radius 2 is 2.09 bits per heavy atom. The average Bonchev–Trinajstić information content (AvgIpc) is 3.05. The van der Waals surface area contributed by atoms with Crippen LogP contribution in [0.1, 0.15) is 41.7 Å². The number of aromatic nitrogens is 1. The Morgan fingerprint density at radius 1 is 1.27 bits per heavy atom. The van der Waals surface area contributed by atoms with Crippen LogP contribution in [0.4, 0.5) is 0 Å². The van der Waals surface area contributed by atoms with Gasteiger partial charge < -0.3 is 9.64 Å². The van der Waals surface area contributed by atoms with Crippen molar-refractivity contribution in [2.45, 2.75) is 25.8 Å². The van der Waals surface area contributed by atoms with Gasteiger partial charge in [0.1, 0.15) is 0 Å². The first kappa shape index (κ1) is 14.6. The second-order valence-corrected chi connectivity index (χ2v) is 5.39. The Hall–Kier alpha value is -2.36. The summed E-state index contributed by atoms with van der Waals surface area (Å²) in [5.74, 6) is 0.724. The van der Waals surface area contributed by atoms with Crippen molar-refractivity contribution >= 4 is 5.91 Å². The molecule has 1 atom stereocenters. The SMILES string of the molecule is CCOc1ccc([C@@H]2CCCN2C(=O)c2ccccc2)cn1. The lowest BCUT2D eigenvalue weighted by molar-refractivity contribution is 0.0735. The zero-order valence-electron chi connectivity index (χ0n) is 12.7. The van der Waals surface area contributed by atoms with Crippen LogP contribution in [-0.2, 0) is 0 Å². The standard InChI is InChI=1S/C18H20N2O2/c1-2-22-17-11-10-15(13-19-17)16-9-6-12-20(16)18(21)14-7-4-3-5-8-14/h3-5,7-8,10-11,13,16H,2,6,9,12H2,1H3/t16-/m0/s1. The van der Waals surface area contributed by atoms with E-state index in [1.54, 1.807) is 0 Å². The molecule has 2 heterocycles. The molecule has 1 aliphatic rings. The number of hydrogen-bond acceptors (Lipinski definition) is 3. The largest absolute Gasteiger partial charge is 0.478 e.